The maximum atomic E-state index is 13.5. The Balaban J connectivity index is 1.94. The van der Waals surface area contributed by atoms with Crippen molar-refractivity contribution in [2.24, 2.45) is 5.73 Å². The predicted octanol–water partition coefficient (Wildman–Crippen LogP) is 4.68. The maximum Gasteiger partial charge on any atom is 0.461 e. The van der Waals surface area contributed by atoms with Crippen LogP contribution in [0.15, 0.2) is 54.9 Å². The highest BCUT2D eigenvalue weighted by Gasteiger charge is 2.44. The normalized spacial score (nSPS) is 12.4. The Bertz CT molecular complexity index is 1160. The number of methoxy groups -OCH3 is 2. The standard InChI is InChI=1S/C25H30F4N6O3/c1-36-13-4-10-31-22-15-17(7-11-32-22)20-8-12-33-24(34-20)35(21(30)9-14-37-2)18-5-3-6-19(16-18)38-25(28,29)23(26)27/h3,5-8,11-12,15-16,21,23H,4,9-10,13-14,30H2,1-2H3,(H,31,32). The van der Waals surface area contributed by atoms with Crippen molar-refractivity contribution < 1.29 is 31.8 Å². The third-order valence-electron chi connectivity index (χ3n) is 5.30. The van der Waals surface area contributed by atoms with Crippen LogP contribution in [-0.2, 0) is 9.47 Å². The smallest absolute Gasteiger partial charge is 0.428 e. The van der Waals surface area contributed by atoms with E-state index in [1.165, 1.54) is 30.3 Å². The van der Waals surface area contributed by atoms with Gasteiger partial charge < -0.3 is 25.3 Å². The number of nitrogens with zero attached hydrogens (tertiary/aromatic N) is 4. The van der Waals surface area contributed by atoms with Gasteiger partial charge >= 0.3 is 12.5 Å². The number of pyridine rings is 1. The van der Waals surface area contributed by atoms with Gasteiger partial charge in [-0.3, -0.25) is 4.90 Å². The van der Waals surface area contributed by atoms with Crippen molar-refractivity contribution in [1.29, 1.82) is 0 Å². The summed E-state index contributed by atoms with van der Waals surface area (Å²) in [6, 6.07) is 10.6. The first-order valence-corrected chi connectivity index (χ1v) is 11.8. The summed E-state index contributed by atoms with van der Waals surface area (Å²) >= 11 is 0. The molecule has 2 heterocycles. The second kappa shape index (κ2) is 13.8. The third kappa shape index (κ3) is 7.97. The molecule has 38 heavy (non-hydrogen) atoms. The van der Waals surface area contributed by atoms with Gasteiger partial charge in [0.1, 0.15) is 11.6 Å². The van der Waals surface area contributed by atoms with Gasteiger partial charge in [0.15, 0.2) is 0 Å². The molecule has 1 aromatic carbocycles. The molecular weight excluding hydrogens is 508 g/mol. The van der Waals surface area contributed by atoms with Gasteiger partial charge in [0, 0.05) is 70.1 Å². The number of nitrogens with one attached hydrogen (secondary N) is 1. The Morgan fingerprint density at radius 3 is 2.53 bits per heavy atom. The van der Waals surface area contributed by atoms with Crippen molar-refractivity contribution in [3.63, 3.8) is 0 Å². The van der Waals surface area contributed by atoms with Crippen LogP contribution in [0.3, 0.4) is 0 Å². The van der Waals surface area contributed by atoms with Gasteiger partial charge in [0.05, 0.1) is 11.9 Å². The highest BCUT2D eigenvalue weighted by atomic mass is 19.3. The average molecular weight is 539 g/mol. The van der Waals surface area contributed by atoms with Gasteiger partial charge in [0.2, 0.25) is 5.95 Å². The van der Waals surface area contributed by atoms with Crippen LogP contribution in [0.4, 0.5) is 35.0 Å². The summed E-state index contributed by atoms with van der Waals surface area (Å²) in [5.74, 6) is 0.346. The van der Waals surface area contributed by atoms with Crippen molar-refractivity contribution in [2.45, 2.75) is 31.5 Å². The molecule has 2 aromatic heterocycles. The number of rotatable bonds is 15. The number of benzene rings is 1. The topological polar surface area (TPSA) is 108 Å². The largest absolute Gasteiger partial charge is 0.461 e. The highest BCUT2D eigenvalue weighted by Crippen LogP contribution is 2.33. The number of nitrogens with two attached hydrogens (primary N) is 1. The van der Waals surface area contributed by atoms with E-state index in [1.807, 2.05) is 6.07 Å². The van der Waals surface area contributed by atoms with E-state index in [4.69, 9.17) is 15.2 Å². The minimum atomic E-state index is -4.66. The fraction of sp³-hybridized carbons (Fsp3) is 0.400. The van der Waals surface area contributed by atoms with Crippen LogP contribution in [0.5, 0.6) is 5.75 Å². The Morgan fingerprint density at radius 2 is 1.79 bits per heavy atom. The van der Waals surface area contributed by atoms with Gasteiger partial charge in [-0.15, -0.1) is 0 Å². The minimum Gasteiger partial charge on any atom is -0.428 e. The van der Waals surface area contributed by atoms with E-state index in [1.54, 1.807) is 31.5 Å². The maximum absolute atomic E-state index is 13.5. The Morgan fingerprint density at radius 1 is 1.03 bits per heavy atom. The molecule has 9 nitrogen and oxygen atoms in total. The average Bonchev–Trinajstić information content (AvgIpc) is 2.90. The van der Waals surface area contributed by atoms with Gasteiger partial charge in [-0.05, 0) is 36.8 Å². The minimum absolute atomic E-state index is 0.162. The SMILES string of the molecule is COCCCNc1cc(-c2ccnc(N(c3cccc(OC(F)(F)C(F)F)c3)C(N)CCOC)n2)ccn1. The van der Waals surface area contributed by atoms with Crippen LogP contribution < -0.4 is 20.7 Å². The van der Waals surface area contributed by atoms with E-state index in [9.17, 15) is 17.6 Å². The fourth-order valence-electron chi connectivity index (χ4n) is 3.47. The Hall–Kier alpha value is -3.55. The van der Waals surface area contributed by atoms with Crippen LogP contribution in [0.1, 0.15) is 12.8 Å². The third-order valence-corrected chi connectivity index (χ3v) is 5.30. The van der Waals surface area contributed by atoms with Crippen LogP contribution in [0, 0.1) is 0 Å². The van der Waals surface area contributed by atoms with Gasteiger partial charge in [-0.2, -0.15) is 17.6 Å². The molecule has 0 radical (unpaired) electrons. The lowest BCUT2D eigenvalue weighted by Crippen LogP contribution is -2.40. The van der Waals surface area contributed by atoms with Crippen molar-refractivity contribution in [1.82, 2.24) is 15.0 Å². The lowest BCUT2D eigenvalue weighted by molar-refractivity contribution is -0.253. The van der Waals surface area contributed by atoms with Gasteiger partial charge in [0.25, 0.3) is 0 Å². The summed E-state index contributed by atoms with van der Waals surface area (Å²) in [5, 5.41) is 3.22. The number of aromatic nitrogens is 3. The molecule has 3 rings (SSSR count). The lowest BCUT2D eigenvalue weighted by Gasteiger charge is -2.29. The molecule has 3 aromatic rings. The molecule has 206 valence electrons. The first-order valence-electron chi connectivity index (χ1n) is 11.8. The molecular formula is C25H30F4N6O3. The van der Waals surface area contributed by atoms with Crippen molar-refractivity contribution >= 4 is 17.5 Å². The molecule has 1 atom stereocenters. The van der Waals surface area contributed by atoms with E-state index in [0.717, 1.165) is 18.1 Å². The van der Waals surface area contributed by atoms with E-state index in [2.05, 4.69) is 25.0 Å². The summed E-state index contributed by atoms with van der Waals surface area (Å²) in [6.07, 6.45) is -5.09. The molecule has 3 N–H and O–H groups in total. The molecule has 0 aliphatic heterocycles. The summed E-state index contributed by atoms with van der Waals surface area (Å²) in [7, 11) is 3.15. The van der Waals surface area contributed by atoms with E-state index < -0.39 is 24.4 Å². The van der Waals surface area contributed by atoms with E-state index in [0.29, 0.717) is 37.7 Å². The van der Waals surface area contributed by atoms with Gasteiger partial charge in [-0.1, -0.05) is 6.07 Å². The molecule has 0 amide bonds. The predicted molar refractivity (Wildman–Crippen MR) is 135 cm³/mol. The number of hydrogen-bond donors (Lipinski definition) is 2. The van der Waals surface area contributed by atoms with Crippen molar-refractivity contribution in [2.75, 3.05) is 44.2 Å². The Kier molecular flexibility index (Phi) is 10.6. The monoisotopic (exact) mass is 538 g/mol. The quantitative estimate of drug-likeness (QED) is 0.162. The second-order valence-electron chi connectivity index (χ2n) is 8.13. The first kappa shape index (κ1) is 29.0. The molecule has 0 bridgehead atoms. The summed E-state index contributed by atoms with van der Waals surface area (Å²) < 4.78 is 66.9. The number of hydrogen-bond acceptors (Lipinski definition) is 9. The molecule has 0 saturated carbocycles. The summed E-state index contributed by atoms with van der Waals surface area (Å²) in [4.78, 5) is 14.8. The zero-order valence-corrected chi connectivity index (χ0v) is 21.0. The van der Waals surface area contributed by atoms with Gasteiger partial charge in [-0.25, -0.2) is 15.0 Å². The van der Waals surface area contributed by atoms with Crippen LogP contribution >= 0.6 is 0 Å². The Labute approximate surface area is 218 Å². The van der Waals surface area contributed by atoms with Crippen molar-refractivity contribution in [3.8, 4) is 17.0 Å². The molecule has 0 spiro atoms. The first-order chi connectivity index (χ1) is 18.2. The van der Waals surface area contributed by atoms with Crippen molar-refractivity contribution in [3.05, 3.63) is 54.9 Å². The molecule has 0 fully saturated rings. The molecule has 0 saturated heterocycles. The molecule has 0 aliphatic carbocycles. The lowest BCUT2D eigenvalue weighted by atomic mass is 10.2. The number of halogens is 4. The number of ether oxygens (including phenoxy) is 3. The molecule has 1 unspecified atom stereocenters. The zero-order valence-electron chi connectivity index (χ0n) is 21.0. The zero-order chi connectivity index (χ0) is 27.5. The number of alkyl halides is 4. The summed E-state index contributed by atoms with van der Waals surface area (Å²) in [5.41, 5.74) is 7.98. The fourth-order valence-corrected chi connectivity index (χ4v) is 3.47. The van der Waals surface area contributed by atoms with E-state index >= 15 is 0 Å². The highest BCUT2D eigenvalue weighted by molar-refractivity contribution is 5.66. The molecule has 0 aliphatic rings. The van der Waals surface area contributed by atoms with Crippen LogP contribution in [0.25, 0.3) is 11.3 Å². The summed E-state index contributed by atoms with van der Waals surface area (Å²) in [6.45, 7) is 1.58. The van der Waals surface area contributed by atoms with Crippen LogP contribution in [-0.4, -0.2) is 67.6 Å². The molecule has 13 heteroatoms. The number of anilines is 3. The second-order valence-corrected chi connectivity index (χ2v) is 8.13. The van der Waals surface area contributed by atoms with E-state index in [-0.39, 0.29) is 11.6 Å². The van der Waals surface area contributed by atoms with Crippen LogP contribution in [0.2, 0.25) is 0 Å².